The fourth-order valence-electron chi connectivity index (χ4n) is 1.79. The van der Waals surface area contributed by atoms with Crippen LogP contribution in [0.5, 0.6) is 0 Å². The molecule has 1 aromatic heterocycles. The van der Waals surface area contributed by atoms with Gasteiger partial charge in [-0.2, -0.15) is 5.10 Å². The van der Waals surface area contributed by atoms with Gasteiger partial charge in [0.05, 0.1) is 5.69 Å². The quantitative estimate of drug-likeness (QED) is 0.848. The molecular weight excluding hydrogens is 313 g/mol. The summed E-state index contributed by atoms with van der Waals surface area (Å²) in [5.74, 6) is -0.302. The lowest BCUT2D eigenvalue weighted by Gasteiger charge is -2.09. The van der Waals surface area contributed by atoms with Crippen LogP contribution in [0.4, 0.5) is 5.69 Å². The number of aromatic nitrogens is 2. The van der Waals surface area contributed by atoms with E-state index in [4.69, 9.17) is 23.2 Å². The second kappa shape index (κ2) is 6.74. The van der Waals surface area contributed by atoms with E-state index >= 15 is 0 Å². The number of hydrogen-bond acceptors (Lipinski definition) is 3. The van der Waals surface area contributed by atoms with Crippen LogP contribution in [0.3, 0.4) is 0 Å². The summed E-state index contributed by atoms with van der Waals surface area (Å²) in [5.41, 5.74) is 2.67. The van der Waals surface area contributed by atoms with Crippen LogP contribution < -0.4 is 10.9 Å². The molecular formula is C14H13Cl2N3O2. The first-order valence-corrected chi connectivity index (χ1v) is 7.16. The summed E-state index contributed by atoms with van der Waals surface area (Å²) >= 11 is 11.3. The largest absolute Gasteiger partial charge is 0.325 e. The third kappa shape index (κ3) is 3.83. The van der Waals surface area contributed by atoms with Crippen molar-refractivity contribution in [3.63, 3.8) is 0 Å². The Morgan fingerprint density at radius 2 is 2.05 bits per heavy atom. The highest BCUT2D eigenvalue weighted by atomic mass is 35.5. The van der Waals surface area contributed by atoms with E-state index in [1.807, 2.05) is 6.92 Å². The third-order valence-corrected chi connectivity index (χ3v) is 3.66. The Kier molecular flexibility index (Phi) is 4.98. The van der Waals surface area contributed by atoms with Crippen LogP contribution in [0.25, 0.3) is 11.3 Å². The lowest BCUT2D eigenvalue weighted by atomic mass is 10.1. The molecule has 2 aromatic rings. The minimum atomic E-state index is -0.769. The number of halogens is 2. The molecule has 21 heavy (non-hydrogen) atoms. The number of aryl methyl sites for hydroxylation is 1. The van der Waals surface area contributed by atoms with E-state index in [0.29, 0.717) is 11.4 Å². The average molecular weight is 326 g/mol. The number of amides is 1. The van der Waals surface area contributed by atoms with Crippen molar-refractivity contribution in [2.24, 2.45) is 0 Å². The van der Waals surface area contributed by atoms with Crippen LogP contribution >= 0.6 is 23.2 Å². The number of alkyl halides is 2. The van der Waals surface area contributed by atoms with Gasteiger partial charge in [0.15, 0.2) is 0 Å². The van der Waals surface area contributed by atoms with Gasteiger partial charge in [0.2, 0.25) is 5.91 Å². The Bertz CT molecular complexity index is 698. The first-order chi connectivity index (χ1) is 10.0. The van der Waals surface area contributed by atoms with Crippen LogP contribution in [0, 0.1) is 6.92 Å². The number of nitrogens with zero attached hydrogens (tertiary/aromatic N) is 1. The summed E-state index contributed by atoms with van der Waals surface area (Å²) in [6.07, 6.45) is 0. The second-order valence-electron chi connectivity index (χ2n) is 4.45. The second-order valence-corrected chi connectivity index (χ2v) is 5.29. The van der Waals surface area contributed by atoms with Crippen molar-refractivity contribution in [1.29, 1.82) is 0 Å². The maximum Gasteiger partial charge on any atom is 0.264 e. The number of anilines is 1. The van der Waals surface area contributed by atoms with E-state index in [-0.39, 0.29) is 17.3 Å². The summed E-state index contributed by atoms with van der Waals surface area (Å²) in [7, 11) is 0. The molecule has 0 aliphatic rings. The van der Waals surface area contributed by atoms with Crippen LogP contribution in [0.15, 0.2) is 35.1 Å². The number of carbonyl (C=O) groups excluding carboxylic acids is 1. The van der Waals surface area contributed by atoms with Crippen molar-refractivity contribution in [3.05, 3.63) is 46.2 Å². The molecule has 0 bridgehead atoms. The number of nitrogens with one attached hydrogen (secondary N) is 2. The van der Waals surface area contributed by atoms with Crippen LogP contribution in [0.1, 0.15) is 5.56 Å². The van der Waals surface area contributed by atoms with Gasteiger partial charge in [0.1, 0.15) is 5.38 Å². The van der Waals surface area contributed by atoms with Crippen molar-refractivity contribution in [2.75, 3.05) is 11.2 Å². The zero-order valence-corrected chi connectivity index (χ0v) is 12.7. The molecule has 0 saturated heterocycles. The highest BCUT2D eigenvalue weighted by Gasteiger charge is 2.14. The van der Waals surface area contributed by atoms with Crippen molar-refractivity contribution in [1.82, 2.24) is 10.2 Å². The van der Waals surface area contributed by atoms with Gasteiger partial charge in [-0.15, -0.1) is 23.2 Å². The topological polar surface area (TPSA) is 74.8 Å². The SMILES string of the molecule is Cc1cc(=O)[nH]nc1-c1ccc(NC(=O)C(Cl)CCl)cc1. The minimum absolute atomic E-state index is 0.0476. The summed E-state index contributed by atoms with van der Waals surface area (Å²) in [6.45, 7) is 1.81. The predicted octanol–water partition coefficient (Wildman–Crippen LogP) is 2.53. The van der Waals surface area contributed by atoms with E-state index in [1.165, 1.54) is 6.07 Å². The molecule has 0 aliphatic carbocycles. The van der Waals surface area contributed by atoms with Crippen LogP contribution in [-0.4, -0.2) is 27.4 Å². The molecule has 7 heteroatoms. The van der Waals surface area contributed by atoms with Crippen molar-refractivity contribution >= 4 is 34.8 Å². The highest BCUT2D eigenvalue weighted by molar-refractivity contribution is 6.37. The molecule has 1 unspecified atom stereocenters. The molecule has 0 spiro atoms. The average Bonchev–Trinajstić information content (AvgIpc) is 2.47. The highest BCUT2D eigenvalue weighted by Crippen LogP contribution is 2.21. The van der Waals surface area contributed by atoms with Crippen LogP contribution in [0.2, 0.25) is 0 Å². The van der Waals surface area contributed by atoms with Gasteiger partial charge < -0.3 is 5.32 Å². The molecule has 5 nitrogen and oxygen atoms in total. The van der Waals surface area contributed by atoms with Gasteiger partial charge >= 0.3 is 0 Å². The maximum atomic E-state index is 11.6. The lowest BCUT2D eigenvalue weighted by molar-refractivity contribution is -0.115. The zero-order chi connectivity index (χ0) is 15.4. The van der Waals surface area contributed by atoms with E-state index < -0.39 is 5.38 Å². The smallest absolute Gasteiger partial charge is 0.264 e. The molecule has 0 fully saturated rings. The lowest BCUT2D eigenvalue weighted by Crippen LogP contribution is -2.24. The molecule has 1 amide bonds. The fraction of sp³-hybridized carbons (Fsp3) is 0.214. The van der Waals surface area contributed by atoms with Gasteiger partial charge in [0, 0.05) is 23.2 Å². The number of rotatable bonds is 4. The summed E-state index contributed by atoms with van der Waals surface area (Å²) < 4.78 is 0. The Morgan fingerprint density at radius 3 is 2.62 bits per heavy atom. The van der Waals surface area contributed by atoms with Gasteiger partial charge in [-0.25, -0.2) is 5.10 Å². The zero-order valence-electron chi connectivity index (χ0n) is 11.2. The molecule has 2 N–H and O–H groups in total. The van der Waals surface area contributed by atoms with Crippen molar-refractivity contribution in [2.45, 2.75) is 12.3 Å². The molecule has 110 valence electrons. The monoisotopic (exact) mass is 325 g/mol. The number of benzene rings is 1. The first kappa shape index (κ1) is 15.5. The standard InChI is InChI=1S/C14H13Cl2N3O2/c1-8-6-12(20)18-19-13(8)9-2-4-10(5-3-9)17-14(21)11(16)7-15/h2-6,11H,7H2,1H3,(H,17,21)(H,18,20). The first-order valence-electron chi connectivity index (χ1n) is 6.19. The predicted molar refractivity (Wildman–Crippen MR) is 84.0 cm³/mol. The number of aromatic amines is 1. The molecule has 0 aliphatic heterocycles. The van der Waals surface area contributed by atoms with E-state index in [0.717, 1.165) is 11.1 Å². The normalized spacial score (nSPS) is 12.0. The summed E-state index contributed by atoms with van der Waals surface area (Å²) in [5, 5.41) is 8.31. The van der Waals surface area contributed by atoms with E-state index in [9.17, 15) is 9.59 Å². The number of hydrogen-bond donors (Lipinski definition) is 2. The molecule has 1 atom stereocenters. The Labute approximate surface area is 131 Å². The van der Waals surface area contributed by atoms with E-state index in [1.54, 1.807) is 24.3 Å². The molecule has 2 rings (SSSR count). The number of carbonyl (C=O) groups is 1. The van der Waals surface area contributed by atoms with Crippen LogP contribution in [-0.2, 0) is 4.79 Å². The van der Waals surface area contributed by atoms with Gasteiger partial charge in [-0.3, -0.25) is 9.59 Å². The molecule has 1 aromatic carbocycles. The molecule has 0 radical (unpaired) electrons. The van der Waals surface area contributed by atoms with Gasteiger partial charge in [0.25, 0.3) is 5.56 Å². The van der Waals surface area contributed by atoms with Crippen molar-refractivity contribution < 1.29 is 4.79 Å². The van der Waals surface area contributed by atoms with Crippen molar-refractivity contribution in [3.8, 4) is 11.3 Å². The number of H-pyrrole nitrogens is 1. The summed E-state index contributed by atoms with van der Waals surface area (Å²) in [6, 6.07) is 8.55. The fourth-order valence-corrected chi connectivity index (χ4v) is 1.99. The van der Waals surface area contributed by atoms with Gasteiger partial charge in [-0.05, 0) is 24.6 Å². The summed E-state index contributed by atoms with van der Waals surface area (Å²) in [4.78, 5) is 22.8. The Hall–Kier alpha value is -1.85. The molecule has 1 heterocycles. The minimum Gasteiger partial charge on any atom is -0.325 e. The van der Waals surface area contributed by atoms with E-state index in [2.05, 4.69) is 15.5 Å². The van der Waals surface area contributed by atoms with Gasteiger partial charge in [-0.1, -0.05) is 12.1 Å². The maximum absolute atomic E-state index is 11.6. The third-order valence-electron chi connectivity index (χ3n) is 2.84. The Morgan fingerprint density at radius 1 is 1.38 bits per heavy atom. The molecule has 0 saturated carbocycles. The Balaban J connectivity index is 2.19.